The van der Waals surface area contributed by atoms with Crippen LogP contribution in [0.25, 0.3) is 0 Å². The van der Waals surface area contributed by atoms with Gasteiger partial charge in [-0.2, -0.15) is 0 Å². The van der Waals surface area contributed by atoms with Gasteiger partial charge in [0.05, 0.1) is 0 Å². The molecule has 0 heterocycles. The first-order chi connectivity index (χ1) is 5.65. The SMILES string of the molecule is [CH2]CNc1c(C)cc(C)cc1C. The van der Waals surface area contributed by atoms with Crippen LogP contribution < -0.4 is 5.32 Å². The second kappa shape index (κ2) is 3.61. The fraction of sp³-hybridized carbons (Fsp3) is 0.364. The lowest BCUT2D eigenvalue weighted by molar-refractivity contribution is 1.25. The maximum atomic E-state index is 3.77. The van der Waals surface area contributed by atoms with Crippen LogP contribution in [0, 0.1) is 27.7 Å². The van der Waals surface area contributed by atoms with Gasteiger partial charge in [0.1, 0.15) is 0 Å². The number of nitrogens with one attached hydrogen (secondary N) is 1. The summed E-state index contributed by atoms with van der Waals surface area (Å²) in [5, 5.41) is 3.26. The number of anilines is 1. The molecule has 0 saturated heterocycles. The summed E-state index contributed by atoms with van der Waals surface area (Å²) in [5.74, 6) is 0. The number of benzene rings is 1. The van der Waals surface area contributed by atoms with Gasteiger partial charge < -0.3 is 5.32 Å². The van der Waals surface area contributed by atoms with Crippen LogP contribution in [0.4, 0.5) is 5.69 Å². The van der Waals surface area contributed by atoms with E-state index in [2.05, 4.69) is 45.1 Å². The molecule has 1 rings (SSSR count). The number of rotatable bonds is 2. The maximum absolute atomic E-state index is 3.77. The molecular formula is C11H16N. The molecule has 1 radical (unpaired) electrons. The van der Waals surface area contributed by atoms with Crippen molar-refractivity contribution in [2.45, 2.75) is 20.8 Å². The predicted octanol–water partition coefficient (Wildman–Crippen LogP) is 2.86. The largest absolute Gasteiger partial charge is 0.385 e. The Balaban J connectivity index is 3.10. The van der Waals surface area contributed by atoms with Crippen molar-refractivity contribution in [3.63, 3.8) is 0 Å². The second-order valence-electron chi connectivity index (χ2n) is 3.20. The molecule has 0 aliphatic heterocycles. The van der Waals surface area contributed by atoms with E-state index >= 15 is 0 Å². The molecule has 1 nitrogen and oxygen atoms in total. The van der Waals surface area contributed by atoms with Crippen molar-refractivity contribution in [1.29, 1.82) is 0 Å². The van der Waals surface area contributed by atoms with Crippen LogP contribution in [-0.4, -0.2) is 6.54 Å². The highest BCUT2D eigenvalue weighted by molar-refractivity contribution is 5.58. The summed E-state index contributed by atoms with van der Waals surface area (Å²) in [6, 6.07) is 4.37. The first-order valence-corrected chi connectivity index (χ1v) is 4.26. The van der Waals surface area contributed by atoms with Gasteiger partial charge >= 0.3 is 0 Å². The second-order valence-corrected chi connectivity index (χ2v) is 3.20. The minimum absolute atomic E-state index is 0.741. The molecule has 1 heteroatoms. The van der Waals surface area contributed by atoms with E-state index in [9.17, 15) is 0 Å². The lowest BCUT2D eigenvalue weighted by Crippen LogP contribution is -2.01. The summed E-state index contributed by atoms with van der Waals surface area (Å²) < 4.78 is 0. The molecule has 1 N–H and O–H groups in total. The van der Waals surface area contributed by atoms with E-state index in [0.717, 1.165) is 6.54 Å². The molecule has 0 saturated carbocycles. The van der Waals surface area contributed by atoms with Crippen LogP contribution in [0.1, 0.15) is 16.7 Å². The first kappa shape index (κ1) is 9.11. The zero-order valence-electron chi connectivity index (χ0n) is 8.07. The smallest absolute Gasteiger partial charge is 0.0399 e. The molecule has 0 amide bonds. The molecular weight excluding hydrogens is 146 g/mol. The van der Waals surface area contributed by atoms with E-state index in [-0.39, 0.29) is 0 Å². The van der Waals surface area contributed by atoms with Gasteiger partial charge in [0.15, 0.2) is 0 Å². The van der Waals surface area contributed by atoms with Gasteiger partial charge in [-0.25, -0.2) is 0 Å². The monoisotopic (exact) mass is 162 g/mol. The number of hydrogen-bond donors (Lipinski definition) is 1. The highest BCUT2D eigenvalue weighted by Crippen LogP contribution is 2.21. The molecule has 0 aliphatic rings. The average Bonchev–Trinajstić information content (AvgIpc) is 1.96. The van der Waals surface area contributed by atoms with Crippen molar-refractivity contribution in [2.24, 2.45) is 0 Å². The van der Waals surface area contributed by atoms with Crippen molar-refractivity contribution < 1.29 is 0 Å². The van der Waals surface area contributed by atoms with E-state index in [1.165, 1.54) is 22.4 Å². The Morgan fingerprint density at radius 1 is 1.17 bits per heavy atom. The zero-order valence-corrected chi connectivity index (χ0v) is 8.07. The Labute approximate surface area is 74.8 Å². The van der Waals surface area contributed by atoms with Crippen molar-refractivity contribution in [1.82, 2.24) is 0 Å². The molecule has 65 valence electrons. The van der Waals surface area contributed by atoms with Gasteiger partial charge in [-0.3, -0.25) is 0 Å². The standard InChI is InChI=1S/C11H16N/c1-5-12-11-9(3)6-8(2)7-10(11)4/h6-7,12H,1,5H2,2-4H3. The molecule has 1 aromatic rings. The fourth-order valence-electron chi connectivity index (χ4n) is 1.58. The minimum atomic E-state index is 0.741. The topological polar surface area (TPSA) is 12.0 Å². The van der Waals surface area contributed by atoms with Gasteiger partial charge in [-0.1, -0.05) is 17.7 Å². The van der Waals surface area contributed by atoms with Crippen molar-refractivity contribution in [2.75, 3.05) is 11.9 Å². The van der Waals surface area contributed by atoms with Crippen LogP contribution in [-0.2, 0) is 0 Å². The summed E-state index contributed by atoms with van der Waals surface area (Å²) in [7, 11) is 0. The third kappa shape index (κ3) is 1.79. The molecule has 0 spiro atoms. The van der Waals surface area contributed by atoms with E-state index in [4.69, 9.17) is 0 Å². The lowest BCUT2D eigenvalue weighted by Gasteiger charge is -2.11. The molecule has 12 heavy (non-hydrogen) atoms. The molecule has 0 aromatic heterocycles. The summed E-state index contributed by atoms with van der Waals surface area (Å²) in [5.41, 5.74) is 5.16. The van der Waals surface area contributed by atoms with Crippen LogP contribution in [0.2, 0.25) is 0 Å². The van der Waals surface area contributed by atoms with Gasteiger partial charge in [0.2, 0.25) is 0 Å². The lowest BCUT2D eigenvalue weighted by atomic mass is 10.1. The van der Waals surface area contributed by atoms with Gasteiger partial charge in [-0.05, 0) is 38.8 Å². The van der Waals surface area contributed by atoms with E-state index in [1.54, 1.807) is 0 Å². The highest BCUT2D eigenvalue weighted by Gasteiger charge is 2.00. The molecule has 0 fully saturated rings. The normalized spacial score (nSPS) is 10.0. The maximum Gasteiger partial charge on any atom is 0.0399 e. The Hall–Kier alpha value is -0.980. The van der Waals surface area contributed by atoms with Gasteiger partial charge in [0.25, 0.3) is 0 Å². The van der Waals surface area contributed by atoms with Crippen molar-refractivity contribution >= 4 is 5.69 Å². The quantitative estimate of drug-likeness (QED) is 0.705. The predicted molar refractivity (Wildman–Crippen MR) is 54.5 cm³/mol. The van der Waals surface area contributed by atoms with Crippen LogP contribution >= 0.6 is 0 Å². The van der Waals surface area contributed by atoms with Crippen molar-refractivity contribution in [3.05, 3.63) is 35.7 Å². The van der Waals surface area contributed by atoms with E-state index in [1.807, 2.05) is 0 Å². The molecule has 0 atom stereocenters. The third-order valence-corrected chi connectivity index (χ3v) is 1.98. The summed E-state index contributed by atoms with van der Waals surface area (Å²) in [6.45, 7) is 10.9. The van der Waals surface area contributed by atoms with Gasteiger partial charge in [-0.15, -0.1) is 0 Å². The number of hydrogen-bond acceptors (Lipinski definition) is 1. The Bertz CT molecular complexity index is 253. The first-order valence-electron chi connectivity index (χ1n) is 4.26. The number of aryl methyl sites for hydroxylation is 3. The van der Waals surface area contributed by atoms with Crippen LogP contribution in [0.3, 0.4) is 0 Å². The minimum Gasteiger partial charge on any atom is -0.385 e. The average molecular weight is 162 g/mol. The van der Waals surface area contributed by atoms with Gasteiger partial charge in [0, 0.05) is 12.2 Å². The van der Waals surface area contributed by atoms with E-state index < -0.39 is 0 Å². The Morgan fingerprint density at radius 3 is 2.08 bits per heavy atom. The van der Waals surface area contributed by atoms with Crippen LogP contribution in [0.15, 0.2) is 12.1 Å². The molecule has 0 bridgehead atoms. The summed E-state index contributed by atoms with van der Waals surface area (Å²) in [6.07, 6.45) is 0. The molecule has 1 aromatic carbocycles. The molecule has 0 aliphatic carbocycles. The Kier molecular flexibility index (Phi) is 2.74. The third-order valence-electron chi connectivity index (χ3n) is 1.98. The van der Waals surface area contributed by atoms with Crippen molar-refractivity contribution in [3.8, 4) is 0 Å². The Morgan fingerprint density at radius 2 is 1.67 bits per heavy atom. The zero-order chi connectivity index (χ0) is 9.14. The molecule has 0 unspecified atom stereocenters. The fourth-order valence-corrected chi connectivity index (χ4v) is 1.58. The summed E-state index contributed by atoms with van der Waals surface area (Å²) >= 11 is 0. The van der Waals surface area contributed by atoms with Crippen LogP contribution in [0.5, 0.6) is 0 Å². The highest BCUT2D eigenvalue weighted by atomic mass is 14.9. The summed E-state index contributed by atoms with van der Waals surface area (Å²) in [4.78, 5) is 0. The van der Waals surface area contributed by atoms with E-state index in [0.29, 0.717) is 0 Å².